The zero-order valence-corrected chi connectivity index (χ0v) is 19.0. The molecule has 0 spiro atoms. The van der Waals surface area contributed by atoms with E-state index in [1.165, 1.54) is 0 Å². The van der Waals surface area contributed by atoms with Crippen LogP contribution in [0.2, 0.25) is 0 Å². The average molecular weight is 416 g/mol. The first-order valence-corrected chi connectivity index (χ1v) is 12.1. The van der Waals surface area contributed by atoms with E-state index in [4.69, 9.17) is 20.7 Å². The van der Waals surface area contributed by atoms with Gasteiger partial charge >= 0.3 is 149 Å². The van der Waals surface area contributed by atoms with Gasteiger partial charge in [0.2, 0.25) is 0 Å². The Labute approximate surface area is 149 Å². The molecular weight excluding hydrogens is 379 g/mol. The normalized spacial score (nSPS) is 14.1. The van der Waals surface area contributed by atoms with E-state index in [2.05, 4.69) is 0 Å². The molecule has 0 saturated carbocycles. The molecule has 0 amide bonds. The van der Waals surface area contributed by atoms with Crippen LogP contribution in [0.4, 0.5) is 0 Å². The molecule has 0 saturated heterocycles. The van der Waals surface area contributed by atoms with E-state index >= 15 is 0 Å². The molecule has 0 atom stereocenters. The first-order chi connectivity index (χ1) is 10.4. The van der Waals surface area contributed by atoms with Gasteiger partial charge in [0.1, 0.15) is 0 Å². The Kier molecular flexibility index (Phi) is 10.2. The Bertz CT molecular complexity index is 299. The molecule has 23 heavy (non-hydrogen) atoms. The van der Waals surface area contributed by atoms with Gasteiger partial charge in [0, 0.05) is 0 Å². The van der Waals surface area contributed by atoms with Crippen molar-refractivity contribution < 1.29 is 42.8 Å². The quantitative estimate of drug-likeness (QED) is 0.486. The van der Waals surface area contributed by atoms with Crippen LogP contribution in [0.1, 0.15) is 55.4 Å². The average Bonchev–Trinajstić information content (AvgIpc) is 2.42. The van der Waals surface area contributed by atoms with Gasteiger partial charge in [-0.05, 0) is 0 Å². The summed E-state index contributed by atoms with van der Waals surface area (Å²) in [6.07, 6.45) is -0.110. The first-order valence-electron chi connectivity index (χ1n) is 8.11. The van der Waals surface area contributed by atoms with Crippen LogP contribution in [0.5, 0.6) is 0 Å². The summed E-state index contributed by atoms with van der Waals surface area (Å²) in [5.74, 6) is 0. The minimum absolute atomic E-state index is 0.0548. The molecule has 0 aromatic carbocycles. The van der Waals surface area contributed by atoms with E-state index in [1.807, 2.05) is 55.4 Å². The van der Waals surface area contributed by atoms with Crippen molar-refractivity contribution >= 4 is 0 Å². The number of rotatable bonds is 12. The maximum absolute atomic E-state index is 6.11. The molecule has 0 heterocycles. The van der Waals surface area contributed by atoms with Crippen molar-refractivity contribution in [3.8, 4) is 0 Å². The Morgan fingerprint density at radius 3 is 1.22 bits per heavy atom. The summed E-state index contributed by atoms with van der Waals surface area (Å²) in [5, 5.41) is 0. The third-order valence-corrected chi connectivity index (χ3v) is 9.24. The van der Waals surface area contributed by atoms with Gasteiger partial charge in [-0.3, -0.25) is 0 Å². The third-order valence-electron chi connectivity index (χ3n) is 3.06. The van der Waals surface area contributed by atoms with Crippen LogP contribution in [-0.4, -0.2) is 50.8 Å². The molecule has 0 aromatic rings. The van der Waals surface area contributed by atoms with Crippen LogP contribution in [0.25, 0.3) is 0 Å². The second kappa shape index (κ2) is 9.95. The van der Waals surface area contributed by atoms with Gasteiger partial charge in [-0.25, -0.2) is 0 Å². The molecule has 0 unspecified atom stereocenters. The number of hydrogen-bond acceptors (Lipinski definition) is 6. The second-order valence-electron chi connectivity index (χ2n) is 7.34. The summed E-state index contributed by atoms with van der Waals surface area (Å²) in [7, 11) is 3.31. The standard InChI is InChI=1S/2C5H11O2.2C3H7O.Zr/c2*1-5(2,4-6)7-3;2*1-3(2)4;/h2*4H2,1-3H3;2*3H,1-2H3;/q4*-1;+4. The van der Waals surface area contributed by atoms with Gasteiger partial charge in [0.25, 0.3) is 0 Å². The second-order valence-corrected chi connectivity index (χ2v) is 12.4. The van der Waals surface area contributed by atoms with Crippen molar-refractivity contribution in [2.45, 2.75) is 78.8 Å². The van der Waals surface area contributed by atoms with Gasteiger partial charge in [-0.2, -0.15) is 0 Å². The zero-order chi connectivity index (χ0) is 18.3. The van der Waals surface area contributed by atoms with Crippen LogP contribution in [0, 0.1) is 0 Å². The molecule has 0 aliphatic rings. The Hall–Kier alpha value is 0.643. The monoisotopic (exact) mass is 414 g/mol. The van der Waals surface area contributed by atoms with Crippen molar-refractivity contribution in [2.75, 3.05) is 27.4 Å². The molecule has 0 aliphatic heterocycles. The van der Waals surface area contributed by atoms with Crippen LogP contribution in [-0.2, 0) is 42.8 Å². The predicted octanol–water partition coefficient (Wildman–Crippen LogP) is 3.53. The molecule has 0 N–H and O–H groups in total. The van der Waals surface area contributed by atoms with Crippen molar-refractivity contribution in [2.24, 2.45) is 0 Å². The first kappa shape index (κ1) is 23.6. The van der Waals surface area contributed by atoms with E-state index in [0.29, 0.717) is 13.2 Å². The van der Waals surface area contributed by atoms with Gasteiger partial charge in [0.05, 0.1) is 0 Å². The SMILES string of the molecule is COC(C)(C)C[O][Zr]([O]CC(C)(C)OC)([O]C(C)C)[O]C(C)C. The topological polar surface area (TPSA) is 55.4 Å². The molecule has 0 aliphatic carbocycles. The van der Waals surface area contributed by atoms with E-state index in [-0.39, 0.29) is 12.2 Å². The Morgan fingerprint density at radius 1 is 0.696 bits per heavy atom. The fraction of sp³-hybridized carbons (Fsp3) is 1.00. The van der Waals surface area contributed by atoms with Crippen molar-refractivity contribution in [1.29, 1.82) is 0 Å². The summed E-state index contributed by atoms with van der Waals surface area (Å²) >= 11 is -4.22. The Morgan fingerprint density at radius 2 is 1.00 bits per heavy atom. The van der Waals surface area contributed by atoms with Crippen LogP contribution in [0.3, 0.4) is 0 Å². The van der Waals surface area contributed by atoms with Crippen LogP contribution in [0.15, 0.2) is 0 Å². The molecule has 140 valence electrons. The molecule has 0 aromatic heterocycles. The van der Waals surface area contributed by atoms with E-state index < -0.39 is 33.2 Å². The number of hydrogen-bond donors (Lipinski definition) is 0. The summed E-state index contributed by atoms with van der Waals surface area (Å²) in [4.78, 5) is 0. The van der Waals surface area contributed by atoms with E-state index in [1.54, 1.807) is 14.2 Å². The summed E-state index contributed by atoms with van der Waals surface area (Å²) in [5.41, 5.74) is -0.883. The maximum atomic E-state index is 6.11. The molecule has 0 radical (unpaired) electrons. The van der Waals surface area contributed by atoms with Gasteiger partial charge in [-0.15, -0.1) is 0 Å². The van der Waals surface area contributed by atoms with Crippen molar-refractivity contribution in [3.05, 3.63) is 0 Å². The van der Waals surface area contributed by atoms with Gasteiger partial charge < -0.3 is 0 Å². The Balaban J connectivity index is 5.23. The van der Waals surface area contributed by atoms with Crippen LogP contribution >= 0.6 is 0 Å². The van der Waals surface area contributed by atoms with Crippen LogP contribution < -0.4 is 0 Å². The van der Waals surface area contributed by atoms with E-state index in [0.717, 1.165) is 0 Å². The molecule has 7 heteroatoms. The third kappa shape index (κ3) is 10.3. The van der Waals surface area contributed by atoms with Crippen molar-refractivity contribution in [1.82, 2.24) is 0 Å². The summed E-state index contributed by atoms with van der Waals surface area (Å²) in [6.45, 7) is 16.3. The van der Waals surface area contributed by atoms with Crippen molar-refractivity contribution in [3.63, 3.8) is 0 Å². The zero-order valence-electron chi connectivity index (χ0n) is 16.5. The number of methoxy groups -OCH3 is 2. The summed E-state index contributed by atoms with van der Waals surface area (Å²) in [6, 6.07) is 0. The minimum atomic E-state index is -4.22. The molecule has 0 rings (SSSR count). The van der Waals surface area contributed by atoms with E-state index in [9.17, 15) is 0 Å². The molecule has 0 fully saturated rings. The van der Waals surface area contributed by atoms with Gasteiger partial charge in [-0.1, -0.05) is 0 Å². The molecule has 0 bridgehead atoms. The molecule has 6 nitrogen and oxygen atoms in total. The predicted molar refractivity (Wildman–Crippen MR) is 86.5 cm³/mol. The molecular formula is C16H36O6Zr. The fourth-order valence-corrected chi connectivity index (χ4v) is 7.85. The number of ether oxygens (including phenoxy) is 2. The summed E-state index contributed by atoms with van der Waals surface area (Å²) < 4.78 is 35.2. The fourth-order valence-electron chi connectivity index (χ4n) is 1.43. The van der Waals surface area contributed by atoms with Gasteiger partial charge in [0.15, 0.2) is 0 Å².